The molecule has 5 heteroatoms. The molecule has 0 saturated heterocycles. The zero-order valence-corrected chi connectivity index (χ0v) is 10.2. The molecule has 3 aromatic rings. The van der Waals surface area contributed by atoms with Crippen LogP contribution in [0.5, 0.6) is 0 Å². The summed E-state index contributed by atoms with van der Waals surface area (Å²) >= 11 is 0. The van der Waals surface area contributed by atoms with E-state index in [1.807, 2.05) is 35.0 Å². The molecule has 1 amide bonds. The Bertz CT molecular complexity index is 673. The van der Waals surface area contributed by atoms with Gasteiger partial charge in [-0.05, 0) is 24.3 Å². The molecule has 0 aliphatic carbocycles. The molecule has 3 rings (SSSR count). The van der Waals surface area contributed by atoms with Gasteiger partial charge in [-0.3, -0.25) is 9.78 Å². The van der Waals surface area contributed by atoms with Gasteiger partial charge in [0.05, 0.1) is 17.8 Å². The maximum absolute atomic E-state index is 11.8. The van der Waals surface area contributed by atoms with Crippen LogP contribution >= 0.6 is 0 Å². The normalized spacial score (nSPS) is 10.5. The largest absolute Gasteiger partial charge is 0.346 e. The zero-order chi connectivity index (χ0) is 13.1. The van der Waals surface area contributed by atoms with Crippen LogP contribution in [0.1, 0.15) is 16.1 Å². The average molecular weight is 252 g/mol. The highest BCUT2D eigenvalue weighted by Crippen LogP contribution is 2.04. The SMILES string of the molecule is O=C(NCc1cn2ccccc2n1)c1cccnc1. The number of nitrogens with one attached hydrogen (secondary N) is 1. The highest BCUT2D eigenvalue weighted by molar-refractivity contribution is 5.93. The van der Waals surface area contributed by atoms with E-state index in [0.29, 0.717) is 12.1 Å². The summed E-state index contributed by atoms with van der Waals surface area (Å²) in [5.74, 6) is -0.148. The number of carbonyl (C=O) groups is 1. The van der Waals surface area contributed by atoms with Crippen LogP contribution in [0.4, 0.5) is 0 Å². The fraction of sp³-hybridized carbons (Fsp3) is 0.0714. The number of aromatic nitrogens is 3. The monoisotopic (exact) mass is 252 g/mol. The van der Waals surface area contributed by atoms with E-state index in [-0.39, 0.29) is 5.91 Å². The van der Waals surface area contributed by atoms with E-state index in [4.69, 9.17) is 0 Å². The third-order valence-corrected chi connectivity index (χ3v) is 2.77. The number of nitrogens with zero attached hydrogens (tertiary/aromatic N) is 3. The fourth-order valence-corrected chi connectivity index (χ4v) is 1.84. The molecule has 19 heavy (non-hydrogen) atoms. The molecule has 3 heterocycles. The standard InChI is InChI=1S/C14H12N4O/c19-14(11-4-3-6-15-8-11)16-9-12-10-18-7-2-1-5-13(18)17-12/h1-8,10H,9H2,(H,16,19). The Morgan fingerprint density at radius 3 is 3.00 bits per heavy atom. The van der Waals surface area contributed by atoms with Crippen molar-refractivity contribution in [2.45, 2.75) is 6.54 Å². The number of amides is 1. The lowest BCUT2D eigenvalue weighted by molar-refractivity contribution is 0.0950. The third kappa shape index (κ3) is 2.44. The Morgan fingerprint density at radius 2 is 2.21 bits per heavy atom. The molecule has 0 unspecified atom stereocenters. The average Bonchev–Trinajstić information content (AvgIpc) is 2.88. The molecule has 0 aromatic carbocycles. The quantitative estimate of drug-likeness (QED) is 0.771. The summed E-state index contributed by atoms with van der Waals surface area (Å²) < 4.78 is 1.92. The van der Waals surface area contributed by atoms with E-state index in [1.54, 1.807) is 24.5 Å². The lowest BCUT2D eigenvalue weighted by Gasteiger charge is -2.01. The molecule has 0 saturated carbocycles. The molecule has 3 aromatic heterocycles. The molecule has 0 aliphatic heterocycles. The molecule has 0 radical (unpaired) electrons. The van der Waals surface area contributed by atoms with Gasteiger partial charge < -0.3 is 9.72 Å². The molecule has 5 nitrogen and oxygen atoms in total. The first-order valence-electron chi connectivity index (χ1n) is 5.94. The number of hydrogen-bond donors (Lipinski definition) is 1. The number of carbonyl (C=O) groups excluding carboxylic acids is 1. The fourth-order valence-electron chi connectivity index (χ4n) is 1.84. The summed E-state index contributed by atoms with van der Waals surface area (Å²) in [6.45, 7) is 0.398. The Balaban J connectivity index is 1.71. The van der Waals surface area contributed by atoms with Crippen LogP contribution in [0.15, 0.2) is 55.1 Å². The summed E-state index contributed by atoms with van der Waals surface area (Å²) in [5, 5.41) is 2.82. The van der Waals surface area contributed by atoms with Crippen molar-refractivity contribution in [2.75, 3.05) is 0 Å². The van der Waals surface area contributed by atoms with E-state index >= 15 is 0 Å². The van der Waals surface area contributed by atoms with Crippen LogP contribution in [-0.2, 0) is 6.54 Å². The van der Waals surface area contributed by atoms with Crippen LogP contribution in [0.3, 0.4) is 0 Å². The molecule has 0 fully saturated rings. The highest BCUT2D eigenvalue weighted by Gasteiger charge is 2.06. The van der Waals surface area contributed by atoms with Gasteiger partial charge in [-0.2, -0.15) is 0 Å². The molecule has 0 spiro atoms. The van der Waals surface area contributed by atoms with Crippen molar-refractivity contribution in [1.82, 2.24) is 19.7 Å². The van der Waals surface area contributed by atoms with Crippen LogP contribution in [0.25, 0.3) is 5.65 Å². The first-order chi connectivity index (χ1) is 9.33. The van der Waals surface area contributed by atoms with Gasteiger partial charge in [0.15, 0.2) is 0 Å². The van der Waals surface area contributed by atoms with Crippen molar-refractivity contribution in [3.63, 3.8) is 0 Å². The van der Waals surface area contributed by atoms with E-state index in [2.05, 4.69) is 15.3 Å². The minimum Gasteiger partial charge on any atom is -0.346 e. The van der Waals surface area contributed by atoms with Crippen LogP contribution in [0, 0.1) is 0 Å². The van der Waals surface area contributed by atoms with Gasteiger partial charge in [-0.25, -0.2) is 4.98 Å². The van der Waals surface area contributed by atoms with Crippen molar-refractivity contribution < 1.29 is 4.79 Å². The molecular weight excluding hydrogens is 240 g/mol. The van der Waals surface area contributed by atoms with Crippen LogP contribution < -0.4 is 5.32 Å². The van der Waals surface area contributed by atoms with Gasteiger partial charge >= 0.3 is 0 Å². The van der Waals surface area contributed by atoms with Crippen molar-refractivity contribution in [3.05, 3.63) is 66.4 Å². The Kier molecular flexibility index (Phi) is 2.94. The maximum atomic E-state index is 11.8. The summed E-state index contributed by atoms with van der Waals surface area (Å²) in [4.78, 5) is 20.2. The molecule has 94 valence electrons. The minimum absolute atomic E-state index is 0.148. The second-order valence-electron chi connectivity index (χ2n) is 4.12. The highest BCUT2D eigenvalue weighted by atomic mass is 16.1. The van der Waals surface area contributed by atoms with Gasteiger partial charge in [-0.1, -0.05) is 6.07 Å². The Hall–Kier alpha value is -2.69. The first kappa shape index (κ1) is 11.4. The summed E-state index contributed by atoms with van der Waals surface area (Å²) in [7, 11) is 0. The van der Waals surface area contributed by atoms with Crippen molar-refractivity contribution >= 4 is 11.6 Å². The van der Waals surface area contributed by atoms with Crippen molar-refractivity contribution in [3.8, 4) is 0 Å². The van der Waals surface area contributed by atoms with Gasteiger partial charge in [0.2, 0.25) is 0 Å². The van der Waals surface area contributed by atoms with E-state index in [0.717, 1.165) is 11.3 Å². The zero-order valence-electron chi connectivity index (χ0n) is 10.2. The predicted octanol–water partition coefficient (Wildman–Crippen LogP) is 1.66. The second kappa shape index (κ2) is 4.89. The third-order valence-electron chi connectivity index (χ3n) is 2.77. The predicted molar refractivity (Wildman–Crippen MR) is 70.6 cm³/mol. The Labute approximate surface area is 109 Å². The molecular formula is C14H12N4O. The molecule has 0 bridgehead atoms. The van der Waals surface area contributed by atoms with Gasteiger partial charge in [0, 0.05) is 24.8 Å². The van der Waals surface area contributed by atoms with Crippen LogP contribution in [0.2, 0.25) is 0 Å². The Morgan fingerprint density at radius 1 is 1.26 bits per heavy atom. The van der Waals surface area contributed by atoms with Crippen molar-refractivity contribution in [2.24, 2.45) is 0 Å². The van der Waals surface area contributed by atoms with Crippen LogP contribution in [-0.4, -0.2) is 20.3 Å². The number of rotatable bonds is 3. The first-order valence-corrected chi connectivity index (χ1v) is 5.94. The van der Waals surface area contributed by atoms with E-state index in [1.165, 1.54) is 0 Å². The number of fused-ring (bicyclic) bond motifs is 1. The maximum Gasteiger partial charge on any atom is 0.253 e. The minimum atomic E-state index is -0.148. The summed E-state index contributed by atoms with van der Waals surface area (Å²) in [5.41, 5.74) is 2.24. The summed E-state index contributed by atoms with van der Waals surface area (Å²) in [6.07, 6.45) is 7.01. The molecule has 0 aliphatic rings. The lowest BCUT2D eigenvalue weighted by atomic mass is 10.2. The lowest BCUT2D eigenvalue weighted by Crippen LogP contribution is -2.22. The number of pyridine rings is 2. The van der Waals surface area contributed by atoms with Gasteiger partial charge in [0.1, 0.15) is 5.65 Å². The van der Waals surface area contributed by atoms with E-state index < -0.39 is 0 Å². The van der Waals surface area contributed by atoms with Crippen molar-refractivity contribution in [1.29, 1.82) is 0 Å². The molecule has 1 N–H and O–H groups in total. The second-order valence-corrected chi connectivity index (χ2v) is 4.12. The van der Waals surface area contributed by atoms with Gasteiger partial charge in [-0.15, -0.1) is 0 Å². The number of hydrogen-bond acceptors (Lipinski definition) is 3. The van der Waals surface area contributed by atoms with Gasteiger partial charge in [0.25, 0.3) is 5.91 Å². The number of imidazole rings is 1. The summed E-state index contributed by atoms with van der Waals surface area (Å²) in [6, 6.07) is 9.26. The topological polar surface area (TPSA) is 59.3 Å². The smallest absolute Gasteiger partial charge is 0.253 e. The van der Waals surface area contributed by atoms with E-state index in [9.17, 15) is 4.79 Å². The molecule has 0 atom stereocenters.